The van der Waals surface area contributed by atoms with Crippen molar-refractivity contribution in [2.75, 3.05) is 12.0 Å². The number of ether oxygens (including phenoxy) is 1. The smallest absolute Gasteiger partial charge is 0.301 e. The molecule has 2 heterocycles. The quantitative estimate of drug-likeness (QED) is 0.223. The number of fused-ring (bicyclic) bond motifs is 1. The lowest BCUT2D eigenvalue weighted by Crippen LogP contribution is -2.29. The monoisotopic (exact) mass is 494 g/mol. The van der Waals surface area contributed by atoms with Crippen molar-refractivity contribution in [2.45, 2.75) is 6.04 Å². The van der Waals surface area contributed by atoms with E-state index in [0.29, 0.717) is 21.9 Å². The molecule has 1 N–H and O–H groups in total. The lowest BCUT2D eigenvalue weighted by Gasteiger charge is -2.23. The van der Waals surface area contributed by atoms with Crippen LogP contribution in [-0.4, -0.2) is 28.9 Å². The molecule has 34 heavy (non-hydrogen) atoms. The van der Waals surface area contributed by atoms with Gasteiger partial charge in [-0.2, -0.15) is 0 Å². The molecule has 0 spiro atoms. The van der Waals surface area contributed by atoms with E-state index in [1.54, 1.807) is 42.5 Å². The summed E-state index contributed by atoms with van der Waals surface area (Å²) in [5.74, 6) is -2.08. The number of anilines is 1. The highest BCUT2D eigenvalue weighted by molar-refractivity contribution is 7.22. The van der Waals surface area contributed by atoms with E-state index in [1.165, 1.54) is 47.6 Å². The largest absolute Gasteiger partial charge is 0.507 e. The number of benzene rings is 3. The van der Waals surface area contributed by atoms with Crippen LogP contribution < -0.4 is 9.64 Å². The summed E-state index contributed by atoms with van der Waals surface area (Å²) in [6.07, 6.45) is 0. The van der Waals surface area contributed by atoms with Crippen LogP contribution >= 0.6 is 22.9 Å². The van der Waals surface area contributed by atoms with Gasteiger partial charge in [-0.1, -0.05) is 35.1 Å². The predicted octanol–water partition coefficient (Wildman–Crippen LogP) is 5.72. The van der Waals surface area contributed by atoms with E-state index in [2.05, 4.69) is 4.98 Å². The number of carbonyl (C=O) groups excluding carboxylic acids is 2. The molecular formula is C25H16ClFN2O4S. The third kappa shape index (κ3) is 3.70. The Morgan fingerprint density at radius 1 is 1.12 bits per heavy atom. The van der Waals surface area contributed by atoms with E-state index in [4.69, 9.17) is 16.3 Å². The Balaban J connectivity index is 1.74. The van der Waals surface area contributed by atoms with Crippen molar-refractivity contribution in [2.24, 2.45) is 0 Å². The maximum Gasteiger partial charge on any atom is 0.301 e. The topological polar surface area (TPSA) is 79.7 Å². The van der Waals surface area contributed by atoms with Crippen LogP contribution in [0.25, 0.3) is 16.0 Å². The number of carbonyl (C=O) groups is 2. The summed E-state index contributed by atoms with van der Waals surface area (Å²) in [7, 11) is 1.51. The van der Waals surface area contributed by atoms with Gasteiger partial charge in [-0.15, -0.1) is 0 Å². The predicted molar refractivity (Wildman–Crippen MR) is 129 cm³/mol. The minimum Gasteiger partial charge on any atom is -0.507 e. The molecule has 3 aromatic carbocycles. The van der Waals surface area contributed by atoms with Crippen molar-refractivity contribution in [1.82, 2.24) is 4.98 Å². The van der Waals surface area contributed by atoms with E-state index in [9.17, 15) is 19.1 Å². The van der Waals surface area contributed by atoms with E-state index in [0.717, 1.165) is 4.70 Å². The number of thiazole rings is 1. The third-order valence-electron chi connectivity index (χ3n) is 5.52. The lowest BCUT2D eigenvalue weighted by atomic mass is 9.95. The van der Waals surface area contributed by atoms with Gasteiger partial charge in [0.25, 0.3) is 5.78 Å². The second kappa shape index (κ2) is 8.55. The maximum atomic E-state index is 13.4. The number of halogens is 2. The number of nitrogens with zero attached hydrogens (tertiary/aromatic N) is 2. The van der Waals surface area contributed by atoms with Gasteiger partial charge < -0.3 is 9.84 Å². The first-order valence-electron chi connectivity index (χ1n) is 10.1. The Labute approximate surface area is 202 Å². The zero-order valence-corrected chi connectivity index (χ0v) is 19.2. The van der Waals surface area contributed by atoms with Crippen molar-refractivity contribution >= 4 is 55.7 Å². The zero-order valence-electron chi connectivity index (χ0n) is 17.7. The molecule has 0 radical (unpaired) electrons. The van der Waals surface area contributed by atoms with Gasteiger partial charge in [-0.25, -0.2) is 9.37 Å². The number of hydrogen-bond acceptors (Lipinski definition) is 6. The van der Waals surface area contributed by atoms with Gasteiger partial charge in [-0.05, 0) is 60.2 Å². The van der Waals surface area contributed by atoms with Gasteiger partial charge in [0.05, 0.1) is 28.9 Å². The Bertz CT molecular complexity index is 1480. The highest BCUT2D eigenvalue weighted by Gasteiger charge is 2.48. The molecule has 0 saturated carbocycles. The highest BCUT2D eigenvalue weighted by Crippen LogP contribution is 2.45. The van der Waals surface area contributed by atoms with E-state index >= 15 is 0 Å². The molecule has 170 valence electrons. The highest BCUT2D eigenvalue weighted by atomic mass is 35.5. The Kier molecular flexibility index (Phi) is 5.55. The van der Waals surface area contributed by atoms with Crippen LogP contribution in [0.2, 0.25) is 5.02 Å². The maximum absolute atomic E-state index is 13.4. The molecule has 1 aliphatic heterocycles. The number of hydrogen-bond donors (Lipinski definition) is 1. The van der Waals surface area contributed by atoms with Crippen LogP contribution in [0.4, 0.5) is 9.52 Å². The summed E-state index contributed by atoms with van der Waals surface area (Å²) in [6, 6.07) is 16.1. The number of aliphatic hydroxyl groups is 1. The number of aliphatic hydroxyl groups excluding tert-OH is 1. The Morgan fingerprint density at radius 2 is 1.88 bits per heavy atom. The van der Waals surface area contributed by atoms with Crippen LogP contribution in [0, 0.1) is 5.82 Å². The lowest BCUT2D eigenvalue weighted by molar-refractivity contribution is -0.132. The standard InChI is InChI=1S/C25H16ClFN2O4S/c1-33-17-4-2-3-14(11-17)21-20(22(30)13-5-8-16(27)9-6-13)23(31)24(32)29(21)25-28-18-10-7-15(26)12-19(18)34-25/h2-12,21,30H,1H3/b22-20+. The number of ketones is 1. The first-order chi connectivity index (χ1) is 16.4. The van der Waals surface area contributed by atoms with E-state index < -0.39 is 29.3 Å². The summed E-state index contributed by atoms with van der Waals surface area (Å²) in [4.78, 5) is 32.3. The molecule has 1 aliphatic rings. The number of amides is 1. The normalized spacial score (nSPS) is 17.5. The minimum atomic E-state index is -0.976. The molecule has 1 fully saturated rings. The van der Waals surface area contributed by atoms with Gasteiger partial charge in [0.2, 0.25) is 0 Å². The number of Topliss-reactive ketones (excluding diaryl/α,β-unsaturated/α-hetero) is 1. The molecule has 1 saturated heterocycles. The average molecular weight is 495 g/mol. The second-order valence-electron chi connectivity index (χ2n) is 7.56. The van der Waals surface area contributed by atoms with Crippen LogP contribution in [-0.2, 0) is 9.59 Å². The number of methoxy groups -OCH3 is 1. The number of aromatic nitrogens is 1. The third-order valence-corrected chi connectivity index (χ3v) is 6.77. The van der Waals surface area contributed by atoms with Crippen molar-refractivity contribution in [3.8, 4) is 5.75 Å². The average Bonchev–Trinajstić information content (AvgIpc) is 3.37. The van der Waals surface area contributed by atoms with Crippen LogP contribution in [0.3, 0.4) is 0 Å². The Hall–Kier alpha value is -3.75. The Morgan fingerprint density at radius 3 is 2.62 bits per heavy atom. The molecule has 0 aliphatic carbocycles. The van der Waals surface area contributed by atoms with Gasteiger partial charge >= 0.3 is 5.91 Å². The van der Waals surface area contributed by atoms with Gasteiger partial charge in [0, 0.05) is 10.6 Å². The molecule has 5 rings (SSSR count). The summed E-state index contributed by atoms with van der Waals surface area (Å²) in [5.41, 5.74) is 1.25. The fourth-order valence-electron chi connectivity index (χ4n) is 3.91. The van der Waals surface area contributed by atoms with Crippen molar-refractivity contribution in [3.63, 3.8) is 0 Å². The molecule has 0 bridgehead atoms. The SMILES string of the molecule is COc1cccc(C2/C(=C(\O)c3ccc(F)cc3)C(=O)C(=O)N2c2nc3ccc(Cl)cc3s2)c1. The van der Waals surface area contributed by atoms with Crippen molar-refractivity contribution < 1.29 is 23.8 Å². The van der Waals surface area contributed by atoms with Crippen LogP contribution in [0.15, 0.2) is 72.3 Å². The molecule has 1 atom stereocenters. The fourth-order valence-corrected chi connectivity index (χ4v) is 5.18. The molecule has 9 heteroatoms. The summed E-state index contributed by atoms with van der Waals surface area (Å²) in [5, 5.41) is 11.9. The van der Waals surface area contributed by atoms with Crippen LogP contribution in [0.5, 0.6) is 5.75 Å². The molecule has 1 amide bonds. The van der Waals surface area contributed by atoms with Crippen molar-refractivity contribution in [1.29, 1.82) is 0 Å². The van der Waals surface area contributed by atoms with E-state index in [1.807, 2.05) is 0 Å². The van der Waals surface area contributed by atoms with Gasteiger partial charge in [0.15, 0.2) is 5.13 Å². The molecule has 1 unspecified atom stereocenters. The summed E-state index contributed by atoms with van der Waals surface area (Å²) in [6.45, 7) is 0. The fraction of sp³-hybridized carbons (Fsp3) is 0.0800. The summed E-state index contributed by atoms with van der Waals surface area (Å²) < 4.78 is 19.5. The summed E-state index contributed by atoms with van der Waals surface area (Å²) >= 11 is 7.31. The minimum absolute atomic E-state index is 0.123. The van der Waals surface area contributed by atoms with Crippen LogP contribution in [0.1, 0.15) is 17.2 Å². The molecule has 1 aromatic heterocycles. The van der Waals surface area contributed by atoms with Crippen molar-refractivity contribution in [3.05, 3.63) is 94.3 Å². The van der Waals surface area contributed by atoms with E-state index in [-0.39, 0.29) is 16.3 Å². The first-order valence-corrected chi connectivity index (χ1v) is 11.3. The van der Waals surface area contributed by atoms with Gasteiger partial charge in [-0.3, -0.25) is 14.5 Å². The molecule has 6 nitrogen and oxygen atoms in total. The number of rotatable bonds is 4. The first kappa shape index (κ1) is 22.1. The molecular weight excluding hydrogens is 479 g/mol. The molecule has 4 aromatic rings. The zero-order chi connectivity index (χ0) is 24.0. The van der Waals surface area contributed by atoms with Gasteiger partial charge in [0.1, 0.15) is 17.3 Å². The second-order valence-corrected chi connectivity index (χ2v) is 9.01.